The van der Waals surface area contributed by atoms with E-state index in [1.165, 1.54) is 12.3 Å². The molecule has 7 rings (SSSR count). The van der Waals surface area contributed by atoms with E-state index < -0.39 is 36.0 Å². The Morgan fingerprint density at radius 3 is 2.64 bits per heavy atom. The molecule has 1 amide bonds. The van der Waals surface area contributed by atoms with Crippen LogP contribution in [0.4, 0.5) is 17.6 Å². The van der Waals surface area contributed by atoms with Gasteiger partial charge in [-0.25, -0.2) is 4.39 Å². The average molecular weight is 532 g/mol. The molecule has 2 N–H and O–H groups in total. The van der Waals surface area contributed by atoms with Gasteiger partial charge in [0, 0.05) is 36.4 Å². The first-order valence-corrected chi connectivity index (χ1v) is 11.9. The molecule has 0 spiro atoms. The molecule has 4 saturated carbocycles. The van der Waals surface area contributed by atoms with E-state index in [2.05, 4.69) is 15.2 Å². The van der Waals surface area contributed by atoms with E-state index in [0.717, 1.165) is 6.07 Å². The molecular weight excluding hydrogens is 510 g/mol. The Balaban J connectivity index is 1.01. The number of nitrogens with zero attached hydrogens (tertiary/aromatic N) is 2. The summed E-state index contributed by atoms with van der Waals surface area (Å²) in [5.74, 6) is -0.506. The summed E-state index contributed by atoms with van der Waals surface area (Å²) in [6, 6.07) is 2.37. The average Bonchev–Trinajstić information content (AvgIpc) is 3.16. The summed E-state index contributed by atoms with van der Waals surface area (Å²) in [4.78, 5) is 12.9. The van der Waals surface area contributed by atoms with Crippen molar-refractivity contribution in [2.24, 2.45) is 0 Å². The molecule has 1 aliphatic heterocycles. The number of rotatable bonds is 6. The normalized spacial score (nSPS) is 34.4. The van der Waals surface area contributed by atoms with Gasteiger partial charge in [0.25, 0.3) is 5.91 Å². The van der Waals surface area contributed by atoms with E-state index in [-0.39, 0.29) is 47.6 Å². The highest BCUT2D eigenvalue weighted by Gasteiger charge is 2.70. The molecule has 8 nitrogen and oxygen atoms in total. The van der Waals surface area contributed by atoms with Crippen LogP contribution < -0.4 is 14.8 Å². The second-order valence-electron chi connectivity index (χ2n) is 10.2. The number of fused-ring (bicyclic) bond motifs is 1. The zero-order chi connectivity index (χ0) is 25.5. The number of aliphatic hydroxyl groups excluding tert-OH is 1. The zero-order valence-electron chi connectivity index (χ0n) is 18.7. The van der Waals surface area contributed by atoms with Gasteiger partial charge in [-0.2, -0.15) is 5.10 Å². The van der Waals surface area contributed by atoms with Gasteiger partial charge in [0.05, 0.1) is 35.2 Å². The van der Waals surface area contributed by atoms with Crippen molar-refractivity contribution in [2.75, 3.05) is 0 Å². The minimum Gasteiger partial charge on any atom is -0.487 e. The van der Waals surface area contributed by atoms with E-state index in [1.54, 1.807) is 10.9 Å². The van der Waals surface area contributed by atoms with Crippen LogP contribution >= 0.6 is 11.6 Å². The smallest absolute Gasteiger partial charge is 0.487 e. The summed E-state index contributed by atoms with van der Waals surface area (Å²) in [7, 11) is 0. The molecule has 0 radical (unpaired) electrons. The van der Waals surface area contributed by atoms with E-state index in [4.69, 9.17) is 21.1 Å². The van der Waals surface area contributed by atoms with Gasteiger partial charge < -0.3 is 19.9 Å². The molecule has 4 aliphatic carbocycles. The number of aliphatic hydroxyl groups is 1. The first-order chi connectivity index (χ1) is 16.9. The summed E-state index contributed by atoms with van der Waals surface area (Å²) in [6.07, 6.45) is -2.31. The molecule has 2 aromatic rings. The van der Waals surface area contributed by atoms with Gasteiger partial charge in [0.1, 0.15) is 17.7 Å². The summed E-state index contributed by atoms with van der Waals surface area (Å²) in [5.41, 5.74) is -0.313. The number of alkyl halides is 3. The lowest BCUT2D eigenvalue weighted by molar-refractivity contribution is -0.355. The van der Waals surface area contributed by atoms with Gasteiger partial charge in [0.2, 0.25) is 0 Å². The van der Waals surface area contributed by atoms with Gasteiger partial charge >= 0.3 is 6.36 Å². The first-order valence-electron chi connectivity index (χ1n) is 11.5. The van der Waals surface area contributed by atoms with Crippen molar-refractivity contribution < 1.29 is 41.7 Å². The van der Waals surface area contributed by atoms with Crippen LogP contribution in [-0.2, 0) is 15.1 Å². The maximum Gasteiger partial charge on any atom is 0.522 e. The number of hydrogen-bond donors (Lipinski definition) is 2. The SMILES string of the molecule is O=C(NC12CC(n3cc(O[C@H]4C[C@@H](OC(F)(F)F)C4)cn3)(C1)C2)[C@H]1C[C@@H](O)c2cc(Cl)c(F)cc2O1. The van der Waals surface area contributed by atoms with E-state index in [1.807, 2.05) is 0 Å². The van der Waals surface area contributed by atoms with Crippen molar-refractivity contribution in [1.82, 2.24) is 15.1 Å². The maximum atomic E-state index is 13.8. The standard InChI is InChI=1S/C23H22ClF4N3O5/c24-15-3-14-17(32)5-19(35-18(14)4-16(15)25)20(33)30-21-8-22(9-21,10-21)31-7-13(6-29-31)34-11-1-12(2-11)36-23(26,27)28/h3-4,6-7,11-12,17,19,32H,1-2,5,8-10H2,(H,30,33)/t11-,12+,17-,19-,21?,22?/m1/s1. The van der Waals surface area contributed by atoms with E-state index >= 15 is 0 Å². The van der Waals surface area contributed by atoms with Crippen LogP contribution in [0.2, 0.25) is 5.02 Å². The predicted molar refractivity (Wildman–Crippen MR) is 115 cm³/mol. The summed E-state index contributed by atoms with van der Waals surface area (Å²) in [5, 5.41) is 17.6. The van der Waals surface area contributed by atoms with Crippen molar-refractivity contribution in [3.8, 4) is 11.5 Å². The number of hydrogen-bond acceptors (Lipinski definition) is 6. The third kappa shape index (κ3) is 4.08. The van der Waals surface area contributed by atoms with Gasteiger partial charge in [-0.3, -0.25) is 14.2 Å². The van der Waals surface area contributed by atoms with E-state index in [0.29, 0.717) is 30.6 Å². The first kappa shape index (κ1) is 23.8. The molecule has 2 bridgehead atoms. The largest absolute Gasteiger partial charge is 0.522 e. The lowest BCUT2D eigenvalue weighted by Crippen LogP contribution is -2.79. The molecule has 36 heavy (non-hydrogen) atoms. The number of carbonyl (C=O) groups excluding carboxylic acids is 1. The predicted octanol–water partition coefficient (Wildman–Crippen LogP) is 3.75. The fraction of sp³-hybridized carbons (Fsp3) is 0.565. The molecule has 194 valence electrons. The van der Waals surface area contributed by atoms with Crippen molar-refractivity contribution in [2.45, 2.75) is 80.4 Å². The second kappa shape index (κ2) is 7.96. The number of halogens is 5. The molecule has 13 heteroatoms. The minimum atomic E-state index is -4.64. The molecule has 1 aromatic carbocycles. The highest BCUT2D eigenvalue weighted by atomic mass is 35.5. The highest BCUT2D eigenvalue weighted by molar-refractivity contribution is 6.30. The molecular formula is C23H22ClF4N3O5. The Morgan fingerprint density at radius 2 is 1.94 bits per heavy atom. The number of ether oxygens (including phenoxy) is 3. The summed E-state index contributed by atoms with van der Waals surface area (Å²) >= 11 is 5.78. The molecule has 5 aliphatic rings. The Kier molecular flexibility index (Phi) is 5.27. The quantitative estimate of drug-likeness (QED) is 0.551. The van der Waals surface area contributed by atoms with Crippen LogP contribution in [0.1, 0.15) is 50.2 Å². The van der Waals surface area contributed by atoms with Crippen molar-refractivity contribution in [3.63, 3.8) is 0 Å². The van der Waals surface area contributed by atoms with Gasteiger partial charge in [-0.15, -0.1) is 13.2 Å². The van der Waals surface area contributed by atoms with Crippen molar-refractivity contribution in [3.05, 3.63) is 40.9 Å². The van der Waals surface area contributed by atoms with Crippen LogP contribution in [-0.4, -0.2) is 51.0 Å². The van der Waals surface area contributed by atoms with Crippen LogP contribution in [0.5, 0.6) is 11.5 Å². The van der Waals surface area contributed by atoms with Crippen molar-refractivity contribution >= 4 is 17.5 Å². The highest BCUT2D eigenvalue weighted by Crippen LogP contribution is 2.65. The lowest BCUT2D eigenvalue weighted by atomic mass is 9.44. The van der Waals surface area contributed by atoms with Crippen LogP contribution in [0.25, 0.3) is 0 Å². The number of amides is 1. The van der Waals surface area contributed by atoms with Crippen LogP contribution in [0.3, 0.4) is 0 Å². The fourth-order valence-electron chi connectivity index (χ4n) is 5.77. The number of aromatic nitrogens is 2. The summed E-state index contributed by atoms with van der Waals surface area (Å²) < 4.78 is 67.7. The number of nitrogens with one attached hydrogen (secondary N) is 1. The van der Waals surface area contributed by atoms with Crippen LogP contribution in [0.15, 0.2) is 24.5 Å². The minimum absolute atomic E-state index is 0.0257. The Hall–Kier alpha value is -2.57. The van der Waals surface area contributed by atoms with Gasteiger partial charge in [-0.05, 0) is 25.3 Å². The maximum absolute atomic E-state index is 13.8. The topological polar surface area (TPSA) is 94.8 Å². The Labute approximate surface area is 207 Å². The molecule has 4 fully saturated rings. The Morgan fingerprint density at radius 1 is 1.22 bits per heavy atom. The van der Waals surface area contributed by atoms with Gasteiger partial charge in [-0.1, -0.05) is 11.6 Å². The number of carbonyl (C=O) groups is 1. The monoisotopic (exact) mass is 531 g/mol. The lowest BCUT2D eigenvalue weighted by Gasteiger charge is -2.70. The van der Waals surface area contributed by atoms with E-state index in [9.17, 15) is 27.5 Å². The third-order valence-electron chi connectivity index (χ3n) is 7.50. The van der Waals surface area contributed by atoms with Crippen molar-refractivity contribution in [1.29, 1.82) is 0 Å². The summed E-state index contributed by atoms with van der Waals surface area (Å²) in [6.45, 7) is 0. The Bertz CT molecular complexity index is 1200. The molecule has 1 aromatic heterocycles. The molecule has 0 unspecified atom stereocenters. The zero-order valence-corrected chi connectivity index (χ0v) is 19.5. The molecule has 2 atom stereocenters. The van der Waals surface area contributed by atoms with Crippen LogP contribution in [0, 0.1) is 5.82 Å². The fourth-order valence-corrected chi connectivity index (χ4v) is 5.94. The third-order valence-corrected chi connectivity index (χ3v) is 7.79. The van der Waals surface area contributed by atoms with Gasteiger partial charge in [0.15, 0.2) is 11.9 Å². The number of benzene rings is 1. The molecule has 2 heterocycles. The second-order valence-corrected chi connectivity index (χ2v) is 10.6. The molecule has 0 saturated heterocycles.